The lowest BCUT2D eigenvalue weighted by atomic mass is 9.76. The number of ether oxygens (including phenoxy) is 1. The molecule has 1 aliphatic heterocycles. The number of piperazine rings is 1. The number of rotatable bonds is 6. The molecule has 1 atom stereocenters. The molecule has 0 unspecified atom stereocenters. The molecule has 1 heterocycles. The topological polar surface area (TPSA) is 44.7 Å². The molecule has 2 fully saturated rings. The third-order valence-electron chi connectivity index (χ3n) is 5.71. The van der Waals surface area contributed by atoms with Gasteiger partial charge in [-0.2, -0.15) is 0 Å². The average Bonchev–Trinajstić information content (AvgIpc) is 2.65. The van der Waals surface area contributed by atoms with Crippen LogP contribution in [-0.4, -0.2) is 36.2 Å². The Morgan fingerprint density at radius 1 is 1.08 bits per heavy atom. The summed E-state index contributed by atoms with van der Waals surface area (Å²) < 4.78 is 5.87. The Labute approximate surface area is 155 Å². The Morgan fingerprint density at radius 3 is 2.50 bits per heavy atom. The highest BCUT2D eigenvalue weighted by Gasteiger charge is 2.35. The summed E-state index contributed by atoms with van der Waals surface area (Å²) in [6.45, 7) is 4.67. The standard InChI is InChI=1S/C22H28N2O2/c25-21-15-19(26-16-17-5-2-1-3-6-17)9-10-20(21)22(18-7-4-8-18)24-13-11-23-12-14-24/h1-3,5-6,9-10,15,18,22-23,25H,4,7-8,11-14,16H2/t22-/m1/s1. The molecule has 26 heavy (non-hydrogen) atoms. The summed E-state index contributed by atoms with van der Waals surface area (Å²) in [4.78, 5) is 2.54. The SMILES string of the molecule is Oc1cc(OCc2ccccc2)ccc1[C@@H](C1CCC1)N1CCNCC1. The minimum absolute atomic E-state index is 0.328. The van der Waals surface area contributed by atoms with Crippen molar-refractivity contribution in [3.8, 4) is 11.5 Å². The van der Waals surface area contributed by atoms with Crippen LogP contribution in [0, 0.1) is 5.92 Å². The first kappa shape index (κ1) is 17.4. The van der Waals surface area contributed by atoms with Gasteiger partial charge >= 0.3 is 0 Å². The number of hydrogen-bond acceptors (Lipinski definition) is 4. The number of benzene rings is 2. The maximum absolute atomic E-state index is 10.7. The number of phenols is 1. The van der Waals surface area contributed by atoms with Crippen LogP contribution in [0.2, 0.25) is 0 Å². The summed E-state index contributed by atoms with van der Waals surface area (Å²) in [6, 6.07) is 16.3. The molecule has 2 aliphatic rings. The van der Waals surface area contributed by atoms with Crippen molar-refractivity contribution in [1.82, 2.24) is 10.2 Å². The molecule has 2 aromatic carbocycles. The van der Waals surface area contributed by atoms with Crippen molar-refractivity contribution in [2.24, 2.45) is 5.92 Å². The van der Waals surface area contributed by atoms with Gasteiger partial charge in [0.25, 0.3) is 0 Å². The van der Waals surface area contributed by atoms with Gasteiger partial charge in [0, 0.05) is 43.9 Å². The molecule has 138 valence electrons. The van der Waals surface area contributed by atoms with Gasteiger partial charge < -0.3 is 15.2 Å². The van der Waals surface area contributed by atoms with E-state index in [9.17, 15) is 5.11 Å². The minimum Gasteiger partial charge on any atom is -0.507 e. The normalized spacial score (nSPS) is 19.7. The number of nitrogens with zero attached hydrogens (tertiary/aromatic N) is 1. The molecule has 0 bridgehead atoms. The van der Waals surface area contributed by atoms with Crippen molar-refractivity contribution < 1.29 is 9.84 Å². The molecular formula is C22H28N2O2. The Bertz CT molecular complexity index is 709. The number of nitrogens with one attached hydrogen (secondary N) is 1. The van der Waals surface area contributed by atoms with Crippen LogP contribution in [0.3, 0.4) is 0 Å². The fourth-order valence-electron chi connectivity index (χ4n) is 4.07. The molecular weight excluding hydrogens is 324 g/mol. The molecule has 2 N–H and O–H groups in total. The Balaban J connectivity index is 1.49. The minimum atomic E-state index is 0.328. The lowest BCUT2D eigenvalue weighted by molar-refractivity contribution is 0.0818. The number of hydrogen-bond donors (Lipinski definition) is 2. The predicted molar refractivity (Wildman–Crippen MR) is 103 cm³/mol. The van der Waals surface area contributed by atoms with Crippen LogP contribution >= 0.6 is 0 Å². The fraction of sp³-hybridized carbons (Fsp3) is 0.455. The molecule has 4 heteroatoms. The van der Waals surface area contributed by atoms with Crippen molar-refractivity contribution in [3.05, 3.63) is 59.7 Å². The van der Waals surface area contributed by atoms with Gasteiger partial charge in [-0.05, 0) is 30.4 Å². The van der Waals surface area contributed by atoms with E-state index in [0.29, 0.717) is 24.3 Å². The van der Waals surface area contributed by atoms with Crippen LogP contribution in [0.15, 0.2) is 48.5 Å². The van der Waals surface area contributed by atoms with Crippen molar-refractivity contribution in [1.29, 1.82) is 0 Å². The number of phenolic OH excluding ortho intramolecular Hbond substituents is 1. The van der Waals surface area contributed by atoms with Gasteiger partial charge in [-0.25, -0.2) is 0 Å². The average molecular weight is 352 g/mol. The third-order valence-corrected chi connectivity index (χ3v) is 5.71. The molecule has 2 aromatic rings. The van der Waals surface area contributed by atoms with E-state index in [0.717, 1.165) is 43.1 Å². The molecule has 0 aromatic heterocycles. The second-order valence-electron chi connectivity index (χ2n) is 7.42. The zero-order chi connectivity index (χ0) is 17.8. The summed E-state index contributed by atoms with van der Waals surface area (Å²) in [7, 11) is 0. The molecule has 1 aliphatic carbocycles. The molecule has 0 radical (unpaired) electrons. The zero-order valence-electron chi connectivity index (χ0n) is 15.2. The van der Waals surface area contributed by atoms with Gasteiger partial charge in [0.2, 0.25) is 0 Å². The summed E-state index contributed by atoms with van der Waals surface area (Å²) >= 11 is 0. The van der Waals surface area contributed by atoms with Gasteiger partial charge in [0.15, 0.2) is 0 Å². The lowest BCUT2D eigenvalue weighted by Gasteiger charge is -2.43. The lowest BCUT2D eigenvalue weighted by Crippen LogP contribution is -2.47. The van der Waals surface area contributed by atoms with E-state index in [-0.39, 0.29) is 0 Å². The fourth-order valence-corrected chi connectivity index (χ4v) is 4.07. The smallest absolute Gasteiger partial charge is 0.124 e. The van der Waals surface area contributed by atoms with Crippen molar-refractivity contribution in [2.45, 2.75) is 31.9 Å². The van der Waals surface area contributed by atoms with Gasteiger partial charge in [-0.3, -0.25) is 4.90 Å². The Kier molecular flexibility index (Phi) is 5.42. The van der Waals surface area contributed by atoms with E-state index in [2.05, 4.69) is 16.3 Å². The molecule has 4 nitrogen and oxygen atoms in total. The molecule has 4 rings (SSSR count). The van der Waals surface area contributed by atoms with Crippen molar-refractivity contribution in [3.63, 3.8) is 0 Å². The predicted octanol–water partition coefficient (Wildman–Crippen LogP) is 3.72. The van der Waals surface area contributed by atoms with Crippen LogP contribution in [-0.2, 0) is 6.61 Å². The van der Waals surface area contributed by atoms with Gasteiger partial charge in [0.05, 0.1) is 0 Å². The van der Waals surface area contributed by atoms with E-state index in [1.807, 2.05) is 36.4 Å². The second kappa shape index (κ2) is 8.11. The van der Waals surface area contributed by atoms with Crippen molar-refractivity contribution in [2.75, 3.05) is 26.2 Å². The largest absolute Gasteiger partial charge is 0.507 e. The number of aromatic hydroxyl groups is 1. The molecule has 0 spiro atoms. The van der Waals surface area contributed by atoms with Crippen molar-refractivity contribution >= 4 is 0 Å². The Morgan fingerprint density at radius 2 is 1.85 bits per heavy atom. The summed E-state index contributed by atoms with van der Waals surface area (Å²) in [6.07, 6.45) is 3.84. The van der Waals surface area contributed by atoms with E-state index in [1.54, 1.807) is 6.07 Å². The zero-order valence-corrected chi connectivity index (χ0v) is 15.2. The highest BCUT2D eigenvalue weighted by atomic mass is 16.5. The maximum atomic E-state index is 10.7. The van der Waals surface area contributed by atoms with Crippen LogP contribution in [0.25, 0.3) is 0 Å². The maximum Gasteiger partial charge on any atom is 0.124 e. The van der Waals surface area contributed by atoms with Crippen LogP contribution in [0.5, 0.6) is 11.5 Å². The van der Waals surface area contributed by atoms with Gasteiger partial charge in [-0.1, -0.05) is 42.8 Å². The van der Waals surface area contributed by atoms with E-state index in [1.165, 1.54) is 19.3 Å². The first-order chi connectivity index (χ1) is 12.8. The van der Waals surface area contributed by atoms with E-state index < -0.39 is 0 Å². The summed E-state index contributed by atoms with van der Waals surface area (Å²) in [5.74, 6) is 1.75. The monoisotopic (exact) mass is 352 g/mol. The highest BCUT2D eigenvalue weighted by Crippen LogP contribution is 2.44. The van der Waals surface area contributed by atoms with Crippen LogP contribution in [0.4, 0.5) is 0 Å². The summed E-state index contributed by atoms with van der Waals surface area (Å²) in [5.41, 5.74) is 2.19. The third kappa shape index (κ3) is 3.87. The van der Waals surface area contributed by atoms with Crippen LogP contribution in [0.1, 0.15) is 36.4 Å². The Hall–Kier alpha value is -2.04. The van der Waals surface area contributed by atoms with Gasteiger partial charge in [0.1, 0.15) is 18.1 Å². The van der Waals surface area contributed by atoms with E-state index in [4.69, 9.17) is 4.74 Å². The molecule has 0 amide bonds. The van der Waals surface area contributed by atoms with Crippen LogP contribution < -0.4 is 10.1 Å². The van der Waals surface area contributed by atoms with E-state index >= 15 is 0 Å². The summed E-state index contributed by atoms with van der Waals surface area (Å²) in [5, 5.41) is 14.2. The first-order valence-electron chi connectivity index (χ1n) is 9.75. The highest BCUT2D eigenvalue weighted by molar-refractivity contribution is 5.42. The molecule has 1 saturated carbocycles. The second-order valence-corrected chi connectivity index (χ2v) is 7.42. The molecule has 1 saturated heterocycles. The quantitative estimate of drug-likeness (QED) is 0.832. The van der Waals surface area contributed by atoms with Gasteiger partial charge in [-0.15, -0.1) is 0 Å². The first-order valence-corrected chi connectivity index (χ1v) is 9.75.